The topological polar surface area (TPSA) is 95.0 Å². The van der Waals surface area contributed by atoms with E-state index in [2.05, 4.69) is 62.2 Å². The second-order valence-electron chi connectivity index (χ2n) is 11.2. The van der Waals surface area contributed by atoms with Gasteiger partial charge in [-0.1, -0.05) is 77.8 Å². The highest BCUT2D eigenvalue weighted by molar-refractivity contribution is 8.06. The summed E-state index contributed by atoms with van der Waals surface area (Å²) < 4.78 is 0. The van der Waals surface area contributed by atoms with Crippen LogP contribution in [0.15, 0.2) is 28.6 Å². The molecule has 35 heavy (non-hydrogen) atoms. The summed E-state index contributed by atoms with van der Waals surface area (Å²) in [7, 11) is 0. The number of amides is 1. The van der Waals surface area contributed by atoms with E-state index in [4.69, 9.17) is 0 Å². The predicted molar refractivity (Wildman–Crippen MR) is 143 cm³/mol. The van der Waals surface area contributed by atoms with Crippen LogP contribution in [-0.4, -0.2) is 43.1 Å². The summed E-state index contributed by atoms with van der Waals surface area (Å²) >= 11 is 1.46. The second kappa shape index (κ2) is 11.4. The number of rotatable bonds is 9. The number of hydrogen-bond donors (Lipinski definition) is 2. The number of aromatic hydroxyl groups is 1. The summed E-state index contributed by atoms with van der Waals surface area (Å²) in [4.78, 5) is 15.7. The number of phenols is 1. The molecule has 0 radical (unpaired) electrons. The van der Waals surface area contributed by atoms with Crippen LogP contribution in [0.25, 0.3) is 6.08 Å². The van der Waals surface area contributed by atoms with Gasteiger partial charge in [0.05, 0.1) is 4.91 Å². The van der Waals surface area contributed by atoms with Crippen molar-refractivity contribution in [3.8, 4) is 5.75 Å². The van der Waals surface area contributed by atoms with Crippen LogP contribution in [0.4, 0.5) is 0 Å². The predicted octanol–water partition coefficient (Wildman–Crippen LogP) is 6.08. The number of thioether (sulfide) groups is 1. The fourth-order valence-corrected chi connectivity index (χ4v) is 4.90. The van der Waals surface area contributed by atoms with E-state index in [9.17, 15) is 9.90 Å². The fraction of sp³-hybridized carbons (Fsp3) is 0.556. The number of tetrazole rings is 1. The number of phenolic OH excluding ortho intramolecular Hbond substituents is 1. The van der Waals surface area contributed by atoms with Gasteiger partial charge in [0, 0.05) is 30.3 Å². The molecule has 1 aromatic heterocycles. The Balaban J connectivity index is 1.62. The molecule has 2 N–H and O–H groups in total. The summed E-state index contributed by atoms with van der Waals surface area (Å²) in [6, 6.07) is 4.03. The molecule has 8 heteroatoms. The van der Waals surface area contributed by atoms with Gasteiger partial charge >= 0.3 is 0 Å². The highest BCUT2D eigenvalue weighted by Gasteiger charge is 2.27. The summed E-state index contributed by atoms with van der Waals surface area (Å²) in [5, 5.41) is 27.0. The number of H-pyrrole nitrogens is 1. The molecular weight excluding hydrogens is 458 g/mol. The van der Waals surface area contributed by atoms with E-state index < -0.39 is 0 Å². The standard InChI is InChI=1S/C27H39N5O2S/c1-26(2,3)20-16-19(17-21(24(20)33)27(4,5)6)18-22-25(34)32(14-15-35-22)13-11-9-7-8-10-12-23-28-30-31-29-23/h14-18,33H,7-13H2,1-6H3,(H,28,29,30,31)/b22-18-. The van der Waals surface area contributed by atoms with Crippen molar-refractivity contribution >= 4 is 23.7 Å². The molecule has 1 amide bonds. The molecule has 0 saturated heterocycles. The second-order valence-corrected chi connectivity index (χ2v) is 12.2. The van der Waals surface area contributed by atoms with Crippen molar-refractivity contribution in [3.05, 3.63) is 51.2 Å². The molecule has 1 aromatic carbocycles. The van der Waals surface area contributed by atoms with Gasteiger partial charge < -0.3 is 10.0 Å². The number of carbonyl (C=O) groups is 1. The number of nitrogens with one attached hydrogen (secondary N) is 1. The lowest BCUT2D eigenvalue weighted by atomic mass is 9.78. The number of aromatic nitrogens is 4. The first kappa shape index (κ1) is 27.0. The Morgan fingerprint density at radius 3 is 2.23 bits per heavy atom. The summed E-state index contributed by atoms with van der Waals surface area (Å²) in [6.07, 6.45) is 10.0. The lowest BCUT2D eigenvalue weighted by Crippen LogP contribution is -2.29. The van der Waals surface area contributed by atoms with Gasteiger partial charge in [-0.15, -0.1) is 10.2 Å². The number of aryl methyl sites for hydroxylation is 1. The molecule has 0 aliphatic carbocycles. The van der Waals surface area contributed by atoms with Crippen molar-refractivity contribution in [1.29, 1.82) is 0 Å². The molecule has 2 aromatic rings. The maximum Gasteiger partial charge on any atom is 0.264 e. The number of carbonyl (C=O) groups excluding carboxylic acids is 1. The third-order valence-corrected chi connectivity index (χ3v) is 6.95. The zero-order valence-corrected chi connectivity index (χ0v) is 22.7. The van der Waals surface area contributed by atoms with E-state index in [0.29, 0.717) is 17.2 Å². The largest absolute Gasteiger partial charge is 0.507 e. The van der Waals surface area contributed by atoms with Crippen molar-refractivity contribution in [1.82, 2.24) is 25.5 Å². The van der Waals surface area contributed by atoms with E-state index in [1.165, 1.54) is 11.8 Å². The van der Waals surface area contributed by atoms with Crippen molar-refractivity contribution in [2.45, 2.75) is 90.9 Å². The van der Waals surface area contributed by atoms with E-state index in [0.717, 1.165) is 61.0 Å². The third kappa shape index (κ3) is 7.43. The smallest absolute Gasteiger partial charge is 0.264 e. The normalized spacial score (nSPS) is 15.9. The van der Waals surface area contributed by atoms with Crippen molar-refractivity contribution < 1.29 is 9.90 Å². The first-order chi connectivity index (χ1) is 16.5. The molecule has 1 aliphatic heterocycles. The maximum atomic E-state index is 13.2. The molecule has 190 valence electrons. The molecule has 3 rings (SSSR count). The summed E-state index contributed by atoms with van der Waals surface area (Å²) in [5.74, 6) is 1.16. The summed E-state index contributed by atoms with van der Waals surface area (Å²) in [5.41, 5.74) is 2.33. The zero-order chi connectivity index (χ0) is 25.6. The number of benzene rings is 1. The van der Waals surface area contributed by atoms with Crippen LogP contribution >= 0.6 is 11.8 Å². The molecule has 0 saturated carbocycles. The number of hydrogen-bond acceptors (Lipinski definition) is 6. The van der Waals surface area contributed by atoms with E-state index >= 15 is 0 Å². The van der Waals surface area contributed by atoms with Gasteiger partial charge in [0.2, 0.25) is 0 Å². The fourth-order valence-electron chi connectivity index (χ4n) is 4.13. The monoisotopic (exact) mass is 497 g/mol. The Hall–Kier alpha value is -2.61. The molecular formula is C27H39N5O2S. The summed E-state index contributed by atoms with van der Waals surface area (Å²) in [6.45, 7) is 13.3. The van der Waals surface area contributed by atoms with Gasteiger partial charge in [-0.25, -0.2) is 0 Å². The minimum Gasteiger partial charge on any atom is -0.507 e. The Morgan fingerprint density at radius 1 is 1.00 bits per heavy atom. The third-order valence-electron chi connectivity index (χ3n) is 6.14. The van der Waals surface area contributed by atoms with Crippen LogP contribution in [0.2, 0.25) is 0 Å². The van der Waals surface area contributed by atoms with Gasteiger partial charge in [0.1, 0.15) is 5.75 Å². The van der Waals surface area contributed by atoms with Crippen molar-refractivity contribution in [2.24, 2.45) is 0 Å². The van der Waals surface area contributed by atoms with Gasteiger partial charge in [-0.2, -0.15) is 5.21 Å². The van der Waals surface area contributed by atoms with Crippen LogP contribution in [-0.2, 0) is 22.0 Å². The first-order valence-electron chi connectivity index (χ1n) is 12.4. The van der Waals surface area contributed by atoms with Gasteiger partial charge in [0.15, 0.2) is 5.82 Å². The average Bonchev–Trinajstić information content (AvgIpc) is 3.28. The minimum absolute atomic E-state index is 0.0392. The molecule has 0 unspecified atom stereocenters. The highest BCUT2D eigenvalue weighted by atomic mass is 32.2. The molecule has 0 spiro atoms. The lowest BCUT2D eigenvalue weighted by Gasteiger charge is -2.28. The van der Waals surface area contributed by atoms with Gasteiger partial charge in [-0.05, 0) is 52.9 Å². The Bertz CT molecular complexity index is 1030. The average molecular weight is 498 g/mol. The number of aromatic amines is 1. The first-order valence-corrected chi connectivity index (χ1v) is 13.3. The SMILES string of the molecule is CC(C)(C)c1cc(/C=C2\SC=CN(CCCCCCCc3nn[nH]n3)C2=O)cc(C(C)(C)C)c1O. The molecule has 0 atom stereocenters. The Labute approximate surface area is 213 Å². The van der Waals surface area contributed by atoms with Crippen LogP contribution in [0.5, 0.6) is 5.75 Å². The van der Waals surface area contributed by atoms with Crippen LogP contribution in [0.3, 0.4) is 0 Å². The van der Waals surface area contributed by atoms with Crippen molar-refractivity contribution in [2.75, 3.05) is 6.54 Å². The van der Waals surface area contributed by atoms with Crippen LogP contribution < -0.4 is 0 Å². The van der Waals surface area contributed by atoms with E-state index in [-0.39, 0.29) is 16.7 Å². The minimum atomic E-state index is -0.209. The Kier molecular flexibility index (Phi) is 8.80. The maximum absolute atomic E-state index is 13.2. The molecule has 7 nitrogen and oxygen atoms in total. The van der Waals surface area contributed by atoms with Gasteiger partial charge in [0.25, 0.3) is 5.91 Å². The van der Waals surface area contributed by atoms with E-state index in [1.54, 1.807) is 0 Å². The quantitative estimate of drug-likeness (QED) is 0.322. The van der Waals surface area contributed by atoms with Gasteiger partial charge in [-0.3, -0.25) is 4.79 Å². The molecule has 1 aliphatic rings. The number of unbranched alkanes of at least 4 members (excludes halogenated alkanes) is 4. The van der Waals surface area contributed by atoms with Crippen LogP contribution in [0.1, 0.15) is 96.2 Å². The van der Waals surface area contributed by atoms with Crippen LogP contribution in [0, 0.1) is 0 Å². The number of nitrogens with zero attached hydrogens (tertiary/aromatic N) is 4. The molecule has 2 heterocycles. The Morgan fingerprint density at radius 2 is 1.63 bits per heavy atom. The van der Waals surface area contributed by atoms with Crippen molar-refractivity contribution in [3.63, 3.8) is 0 Å². The molecule has 0 bridgehead atoms. The molecule has 0 fully saturated rings. The zero-order valence-electron chi connectivity index (χ0n) is 21.9. The highest BCUT2D eigenvalue weighted by Crippen LogP contribution is 2.40. The lowest BCUT2D eigenvalue weighted by molar-refractivity contribution is -0.124. The van der Waals surface area contributed by atoms with E-state index in [1.807, 2.05) is 34.7 Å².